The molecule has 0 aromatic rings. The zero-order valence-electron chi connectivity index (χ0n) is 7.62. The molecule has 68 valence electrons. The zero-order chi connectivity index (χ0) is 8.65. The molecule has 0 amide bonds. The molecule has 0 saturated carbocycles. The van der Waals surface area contributed by atoms with Gasteiger partial charge in [-0.25, -0.2) is 0 Å². The van der Waals surface area contributed by atoms with E-state index in [4.69, 9.17) is 4.74 Å². The van der Waals surface area contributed by atoms with Crippen molar-refractivity contribution in [2.75, 3.05) is 19.7 Å². The Labute approximate surface area is 74.3 Å². The van der Waals surface area contributed by atoms with Gasteiger partial charge in [0.05, 0.1) is 6.26 Å². The van der Waals surface area contributed by atoms with Crippen LogP contribution in [-0.4, -0.2) is 19.7 Å². The third-order valence-corrected chi connectivity index (χ3v) is 1.92. The molecule has 2 heterocycles. The van der Waals surface area contributed by atoms with Crippen LogP contribution in [0.3, 0.4) is 0 Å². The molecule has 1 N–H and O–H groups in total. The van der Waals surface area contributed by atoms with Crippen LogP contribution in [0.2, 0.25) is 0 Å². The van der Waals surface area contributed by atoms with Crippen molar-refractivity contribution in [2.45, 2.75) is 13.3 Å². The van der Waals surface area contributed by atoms with Crippen LogP contribution in [-0.2, 0) is 4.74 Å². The van der Waals surface area contributed by atoms with Gasteiger partial charge in [-0.2, -0.15) is 0 Å². The average Bonchev–Trinajstić information content (AvgIpc) is 2.60. The standard InChI is InChI=1S/C5H11N.C5H6O/c1-5-2-3-6-4-5;1-2-4-6-5-3-1/h5-6H,2-4H2,1H3;1-4H,5H2. The highest BCUT2D eigenvalue weighted by atomic mass is 16.5. The Bertz CT molecular complexity index is 145. The van der Waals surface area contributed by atoms with Crippen LogP contribution >= 0.6 is 0 Å². The number of hydrogen-bond acceptors (Lipinski definition) is 2. The lowest BCUT2D eigenvalue weighted by Crippen LogP contribution is -2.06. The maximum atomic E-state index is 4.80. The Morgan fingerprint density at radius 1 is 1.42 bits per heavy atom. The largest absolute Gasteiger partial charge is 0.497 e. The van der Waals surface area contributed by atoms with Crippen LogP contribution in [0, 0.1) is 5.92 Å². The maximum Gasteiger partial charge on any atom is 0.106 e. The van der Waals surface area contributed by atoms with Crippen molar-refractivity contribution < 1.29 is 4.74 Å². The van der Waals surface area contributed by atoms with E-state index in [-0.39, 0.29) is 0 Å². The summed E-state index contributed by atoms with van der Waals surface area (Å²) in [5.41, 5.74) is 0. The third kappa shape index (κ3) is 4.19. The minimum atomic E-state index is 0.733. The molecule has 2 nitrogen and oxygen atoms in total. The topological polar surface area (TPSA) is 21.3 Å². The van der Waals surface area contributed by atoms with Crippen molar-refractivity contribution in [2.24, 2.45) is 5.92 Å². The smallest absolute Gasteiger partial charge is 0.106 e. The van der Waals surface area contributed by atoms with E-state index in [2.05, 4.69) is 12.2 Å². The van der Waals surface area contributed by atoms with Crippen molar-refractivity contribution >= 4 is 0 Å². The first-order valence-corrected chi connectivity index (χ1v) is 4.53. The minimum absolute atomic E-state index is 0.733. The zero-order valence-corrected chi connectivity index (χ0v) is 7.62. The highest BCUT2D eigenvalue weighted by Crippen LogP contribution is 2.03. The number of hydrogen-bond donors (Lipinski definition) is 1. The molecule has 1 saturated heterocycles. The quantitative estimate of drug-likeness (QED) is 0.593. The molecule has 0 bridgehead atoms. The van der Waals surface area contributed by atoms with Crippen LogP contribution in [0.5, 0.6) is 0 Å². The van der Waals surface area contributed by atoms with Crippen molar-refractivity contribution in [3.63, 3.8) is 0 Å². The van der Waals surface area contributed by atoms with Gasteiger partial charge in [-0.15, -0.1) is 0 Å². The van der Waals surface area contributed by atoms with E-state index in [0.717, 1.165) is 12.5 Å². The summed E-state index contributed by atoms with van der Waals surface area (Å²) in [4.78, 5) is 0. The molecule has 2 heteroatoms. The van der Waals surface area contributed by atoms with Gasteiger partial charge in [0.1, 0.15) is 6.61 Å². The van der Waals surface area contributed by atoms with Crippen molar-refractivity contribution in [3.8, 4) is 0 Å². The van der Waals surface area contributed by atoms with Crippen molar-refractivity contribution in [3.05, 3.63) is 24.5 Å². The van der Waals surface area contributed by atoms with Gasteiger partial charge in [-0.1, -0.05) is 13.0 Å². The van der Waals surface area contributed by atoms with Gasteiger partial charge in [0.2, 0.25) is 0 Å². The van der Waals surface area contributed by atoms with Gasteiger partial charge in [-0.05, 0) is 37.6 Å². The van der Waals surface area contributed by atoms with Crippen molar-refractivity contribution in [1.82, 2.24) is 5.32 Å². The van der Waals surface area contributed by atoms with Crippen LogP contribution < -0.4 is 5.32 Å². The first-order valence-electron chi connectivity index (χ1n) is 4.53. The van der Waals surface area contributed by atoms with Gasteiger partial charge >= 0.3 is 0 Å². The van der Waals surface area contributed by atoms with Crippen LogP contribution in [0.1, 0.15) is 13.3 Å². The van der Waals surface area contributed by atoms with Gasteiger partial charge < -0.3 is 10.1 Å². The Balaban J connectivity index is 0.000000120. The molecule has 0 aliphatic carbocycles. The summed E-state index contributed by atoms with van der Waals surface area (Å²) in [6.07, 6.45) is 8.84. The highest BCUT2D eigenvalue weighted by Gasteiger charge is 2.06. The summed E-state index contributed by atoms with van der Waals surface area (Å²) < 4.78 is 4.80. The fraction of sp³-hybridized carbons (Fsp3) is 0.600. The van der Waals surface area contributed by atoms with E-state index in [1.165, 1.54) is 19.5 Å². The monoisotopic (exact) mass is 167 g/mol. The summed E-state index contributed by atoms with van der Waals surface area (Å²) in [5, 5.41) is 3.27. The second-order valence-corrected chi connectivity index (χ2v) is 3.19. The minimum Gasteiger partial charge on any atom is -0.497 e. The number of rotatable bonds is 0. The van der Waals surface area contributed by atoms with Gasteiger partial charge in [0.15, 0.2) is 0 Å². The second-order valence-electron chi connectivity index (χ2n) is 3.19. The molecule has 0 aromatic heterocycles. The lowest BCUT2D eigenvalue weighted by molar-refractivity contribution is 0.286. The molecule has 1 unspecified atom stereocenters. The molecule has 2 rings (SSSR count). The van der Waals surface area contributed by atoms with E-state index in [1.807, 2.05) is 18.2 Å². The van der Waals surface area contributed by atoms with Crippen molar-refractivity contribution in [1.29, 1.82) is 0 Å². The number of allylic oxidation sites excluding steroid dienone is 2. The van der Waals surface area contributed by atoms with E-state index >= 15 is 0 Å². The molecule has 1 atom stereocenters. The van der Waals surface area contributed by atoms with Crippen LogP contribution in [0.25, 0.3) is 0 Å². The molecular weight excluding hydrogens is 150 g/mol. The summed E-state index contributed by atoms with van der Waals surface area (Å²) >= 11 is 0. The van der Waals surface area contributed by atoms with Gasteiger partial charge in [0, 0.05) is 0 Å². The predicted molar refractivity (Wildman–Crippen MR) is 50.9 cm³/mol. The van der Waals surface area contributed by atoms with Gasteiger partial charge in [-0.3, -0.25) is 0 Å². The molecule has 0 aromatic carbocycles. The van der Waals surface area contributed by atoms with E-state index in [0.29, 0.717) is 0 Å². The predicted octanol–water partition coefficient (Wildman–Crippen LogP) is 1.70. The Morgan fingerprint density at radius 3 is 2.50 bits per heavy atom. The molecule has 0 radical (unpaired) electrons. The van der Waals surface area contributed by atoms with E-state index in [9.17, 15) is 0 Å². The summed E-state index contributed by atoms with van der Waals surface area (Å²) in [6.45, 7) is 5.48. The average molecular weight is 167 g/mol. The molecule has 2 aliphatic heterocycles. The lowest BCUT2D eigenvalue weighted by Gasteiger charge is -1.94. The molecule has 0 spiro atoms. The Kier molecular flexibility index (Phi) is 4.54. The van der Waals surface area contributed by atoms with E-state index < -0.39 is 0 Å². The fourth-order valence-electron chi connectivity index (χ4n) is 1.15. The Morgan fingerprint density at radius 2 is 2.33 bits per heavy atom. The summed E-state index contributed by atoms with van der Waals surface area (Å²) in [5.74, 6) is 0.935. The summed E-state index contributed by atoms with van der Waals surface area (Å²) in [7, 11) is 0. The van der Waals surface area contributed by atoms with Crippen LogP contribution in [0.15, 0.2) is 24.5 Å². The fourth-order valence-corrected chi connectivity index (χ4v) is 1.15. The molecule has 1 fully saturated rings. The maximum absolute atomic E-state index is 4.80. The Hall–Kier alpha value is -0.760. The number of ether oxygens (including phenoxy) is 1. The molecular formula is C10H17NO. The SMILES string of the molecule is C1=CCOC=C1.CC1CCNC1. The first-order chi connectivity index (χ1) is 5.89. The van der Waals surface area contributed by atoms with E-state index in [1.54, 1.807) is 6.26 Å². The second kappa shape index (κ2) is 5.84. The highest BCUT2D eigenvalue weighted by molar-refractivity contribution is 5.02. The van der Waals surface area contributed by atoms with Gasteiger partial charge in [0.25, 0.3) is 0 Å². The lowest BCUT2D eigenvalue weighted by atomic mass is 10.2. The number of nitrogens with one attached hydrogen (secondary N) is 1. The normalized spacial score (nSPS) is 25.9. The first kappa shape index (κ1) is 9.33. The van der Waals surface area contributed by atoms with Crippen LogP contribution in [0.4, 0.5) is 0 Å². The third-order valence-electron chi connectivity index (χ3n) is 1.92. The molecule has 12 heavy (non-hydrogen) atoms. The molecule has 2 aliphatic rings. The summed E-state index contributed by atoms with van der Waals surface area (Å²) in [6, 6.07) is 0.